The SMILES string of the molecule is COC(=O)[C@H]1[C@@H]2C[C@@H]3CC[C@H]1N3C/C2=C\c1ccc(Cl)cc1. The standard InChI is InChI=1S/C18H20ClNO2/c1-22-18(21)17-15-9-14-6-7-16(17)20(14)10-12(15)8-11-2-4-13(19)5-3-11/h2-5,8,14-17H,6-7,9-10H2,1H3/b12-8+/t14-,15+,16+,17-/m0/s1. The van der Waals surface area contributed by atoms with Gasteiger partial charge >= 0.3 is 5.97 Å². The first-order valence-electron chi connectivity index (χ1n) is 7.97. The Morgan fingerprint density at radius 2 is 2.09 bits per heavy atom. The van der Waals surface area contributed by atoms with Crippen LogP contribution in [-0.4, -0.2) is 36.6 Å². The number of benzene rings is 1. The number of ether oxygens (including phenoxy) is 1. The van der Waals surface area contributed by atoms with Crippen LogP contribution in [-0.2, 0) is 9.53 Å². The number of halogens is 1. The topological polar surface area (TPSA) is 29.5 Å². The van der Waals surface area contributed by atoms with Crippen LogP contribution in [0.15, 0.2) is 29.8 Å². The van der Waals surface area contributed by atoms with Crippen LogP contribution < -0.4 is 0 Å². The number of hydrogen-bond acceptors (Lipinski definition) is 3. The van der Waals surface area contributed by atoms with E-state index in [-0.39, 0.29) is 11.9 Å². The maximum atomic E-state index is 12.3. The van der Waals surface area contributed by atoms with Gasteiger partial charge in [0.15, 0.2) is 0 Å². The largest absolute Gasteiger partial charge is 0.469 e. The molecule has 4 fully saturated rings. The molecule has 4 aliphatic heterocycles. The Morgan fingerprint density at radius 1 is 1.32 bits per heavy atom. The normalized spacial score (nSPS) is 37.5. The second-order valence-electron chi connectivity index (χ2n) is 6.63. The average Bonchev–Trinajstić information content (AvgIpc) is 2.84. The van der Waals surface area contributed by atoms with Gasteiger partial charge in [0, 0.05) is 23.7 Å². The van der Waals surface area contributed by atoms with Crippen molar-refractivity contribution < 1.29 is 9.53 Å². The van der Waals surface area contributed by atoms with E-state index in [9.17, 15) is 4.79 Å². The molecule has 4 bridgehead atoms. The van der Waals surface area contributed by atoms with E-state index < -0.39 is 0 Å². The van der Waals surface area contributed by atoms with Gasteiger partial charge in [-0.2, -0.15) is 0 Å². The predicted octanol–water partition coefficient (Wildman–Crippen LogP) is 3.38. The highest BCUT2D eigenvalue weighted by Gasteiger charge is 2.55. The van der Waals surface area contributed by atoms with Crippen molar-refractivity contribution >= 4 is 23.6 Å². The summed E-state index contributed by atoms with van der Waals surface area (Å²) < 4.78 is 5.10. The Morgan fingerprint density at radius 3 is 2.82 bits per heavy atom. The summed E-state index contributed by atoms with van der Waals surface area (Å²) in [7, 11) is 1.51. The van der Waals surface area contributed by atoms with Gasteiger partial charge < -0.3 is 4.74 Å². The summed E-state index contributed by atoms with van der Waals surface area (Å²) in [5.74, 6) is 0.309. The van der Waals surface area contributed by atoms with E-state index in [1.54, 1.807) is 0 Å². The van der Waals surface area contributed by atoms with Crippen molar-refractivity contribution in [2.45, 2.75) is 31.3 Å². The second-order valence-corrected chi connectivity index (χ2v) is 7.07. The number of nitrogens with zero attached hydrogens (tertiary/aromatic N) is 1. The van der Waals surface area contributed by atoms with Gasteiger partial charge in [0.25, 0.3) is 0 Å². The third-order valence-corrected chi connectivity index (χ3v) is 5.85. The number of esters is 1. The maximum Gasteiger partial charge on any atom is 0.310 e. The zero-order valence-electron chi connectivity index (χ0n) is 12.7. The quantitative estimate of drug-likeness (QED) is 0.783. The van der Waals surface area contributed by atoms with Crippen LogP contribution in [0.2, 0.25) is 5.02 Å². The van der Waals surface area contributed by atoms with Crippen LogP contribution in [0, 0.1) is 11.8 Å². The molecule has 1 aromatic carbocycles. The minimum atomic E-state index is -0.0398. The lowest BCUT2D eigenvalue weighted by atomic mass is 9.71. The van der Waals surface area contributed by atoms with Gasteiger partial charge in [-0.3, -0.25) is 9.69 Å². The molecule has 0 saturated carbocycles. The number of piperidine rings is 3. The van der Waals surface area contributed by atoms with Crippen LogP contribution >= 0.6 is 11.6 Å². The van der Waals surface area contributed by atoms with Crippen molar-refractivity contribution in [3.8, 4) is 0 Å². The number of rotatable bonds is 2. The fourth-order valence-corrected chi connectivity index (χ4v) is 4.78. The fraction of sp³-hybridized carbons (Fsp3) is 0.500. The Bertz CT molecular complexity index is 624. The molecule has 4 saturated heterocycles. The minimum absolute atomic E-state index is 0.0102. The lowest BCUT2D eigenvalue weighted by Gasteiger charge is -2.50. The van der Waals surface area contributed by atoms with E-state index in [1.807, 2.05) is 24.3 Å². The van der Waals surface area contributed by atoms with E-state index in [4.69, 9.17) is 16.3 Å². The molecule has 3 nitrogen and oxygen atoms in total. The van der Waals surface area contributed by atoms with Crippen molar-refractivity contribution in [1.82, 2.24) is 4.90 Å². The highest BCUT2D eigenvalue weighted by Crippen LogP contribution is 2.50. The van der Waals surface area contributed by atoms with Crippen molar-refractivity contribution in [2.24, 2.45) is 11.8 Å². The summed E-state index contributed by atoms with van der Waals surface area (Å²) >= 11 is 5.96. The highest BCUT2D eigenvalue weighted by molar-refractivity contribution is 6.30. The van der Waals surface area contributed by atoms with Gasteiger partial charge in [0.05, 0.1) is 13.0 Å². The van der Waals surface area contributed by atoms with Gasteiger partial charge in [-0.25, -0.2) is 0 Å². The van der Waals surface area contributed by atoms with E-state index >= 15 is 0 Å². The molecule has 5 rings (SSSR count). The van der Waals surface area contributed by atoms with Gasteiger partial charge in [-0.1, -0.05) is 35.4 Å². The monoisotopic (exact) mass is 317 g/mol. The summed E-state index contributed by atoms with van der Waals surface area (Å²) in [6.07, 6.45) is 5.69. The van der Waals surface area contributed by atoms with Crippen LogP contribution in [0.4, 0.5) is 0 Å². The number of fused-ring (bicyclic) bond motifs is 1. The third kappa shape index (κ3) is 2.19. The van der Waals surface area contributed by atoms with Gasteiger partial charge in [0.1, 0.15) is 0 Å². The molecule has 4 aliphatic rings. The van der Waals surface area contributed by atoms with E-state index in [1.165, 1.54) is 19.1 Å². The molecule has 0 aliphatic carbocycles. The summed E-state index contributed by atoms with van der Waals surface area (Å²) in [6.45, 7) is 0.996. The summed E-state index contributed by atoms with van der Waals surface area (Å²) in [4.78, 5) is 14.8. The molecule has 1 unspecified atom stereocenters. The Labute approximate surface area is 135 Å². The lowest BCUT2D eigenvalue weighted by molar-refractivity contribution is -0.153. The maximum absolute atomic E-state index is 12.3. The van der Waals surface area contributed by atoms with Crippen LogP contribution in [0.3, 0.4) is 0 Å². The first kappa shape index (κ1) is 14.3. The lowest BCUT2D eigenvalue weighted by Crippen LogP contribution is -2.58. The van der Waals surface area contributed by atoms with Crippen molar-refractivity contribution in [2.75, 3.05) is 13.7 Å². The molecule has 0 spiro atoms. The molecule has 4 heteroatoms. The van der Waals surface area contributed by atoms with Gasteiger partial charge in [0.2, 0.25) is 0 Å². The van der Waals surface area contributed by atoms with E-state index in [2.05, 4.69) is 11.0 Å². The molecule has 5 atom stereocenters. The summed E-state index contributed by atoms with van der Waals surface area (Å²) in [5, 5.41) is 0.751. The smallest absolute Gasteiger partial charge is 0.310 e. The molecule has 1 aromatic rings. The molecule has 22 heavy (non-hydrogen) atoms. The van der Waals surface area contributed by atoms with Crippen molar-refractivity contribution in [3.05, 3.63) is 40.4 Å². The number of carbonyl (C=O) groups is 1. The zero-order chi connectivity index (χ0) is 15.3. The summed E-state index contributed by atoms with van der Waals surface area (Å²) in [5.41, 5.74) is 2.52. The molecule has 0 radical (unpaired) electrons. The minimum Gasteiger partial charge on any atom is -0.469 e. The van der Waals surface area contributed by atoms with Gasteiger partial charge in [-0.15, -0.1) is 0 Å². The zero-order valence-corrected chi connectivity index (χ0v) is 13.4. The van der Waals surface area contributed by atoms with Crippen LogP contribution in [0.1, 0.15) is 24.8 Å². The summed E-state index contributed by atoms with van der Waals surface area (Å²) in [6, 6.07) is 8.95. The molecule has 116 valence electrons. The molecule has 0 amide bonds. The number of methoxy groups -OCH3 is 1. The Hall–Kier alpha value is -1.32. The fourth-order valence-electron chi connectivity index (χ4n) is 4.65. The number of carbonyl (C=O) groups excluding carboxylic acids is 1. The third-order valence-electron chi connectivity index (χ3n) is 5.60. The van der Waals surface area contributed by atoms with Crippen molar-refractivity contribution in [3.63, 3.8) is 0 Å². The first-order chi connectivity index (χ1) is 10.7. The first-order valence-corrected chi connectivity index (χ1v) is 8.35. The molecular weight excluding hydrogens is 298 g/mol. The van der Waals surface area contributed by atoms with Crippen molar-refractivity contribution in [1.29, 1.82) is 0 Å². The molecular formula is C18H20ClNO2. The second kappa shape index (κ2) is 5.39. The molecule has 4 heterocycles. The Kier molecular flexibility index (Phi) is 3.50. The Balaban J connectivity index is 1.68. The highest BCUT2D eigenvalue weighted by atomic mass is 35.5. The van der Waals surface area contributed by atoms with E-state index in [0.717, 1.165) is 30.0 Å². The molecule has 0 N–H and O–H groups in total. The number of hydrogen-bond donors (Lipinski definition) is 0. The molecule has 0 aromatic heterocycles. The van der Waals surface area contributed by atoms with Crippen LogP contribution in [0.25, 0.3) is 6.08 Å². The van der Waals surface area contributed by atoms with E-state index in [0.29, 0.717) is 18.0 Å². The van der Waals surface area contributed by atoms with Gasteiger partial charge in [-0.05, 0) is 42.9 Å². The average molecular weight is 318 g/mol. The van der Waals surface area contributed by atoms with Crippen LogP contribution in [0.5, 0.6) is 0 Å². The predicted molar refractivity (Wildman–Crippen MR) is 86.6 cm³/mol.